The molecule has 28 heavy (non-hydrogen) atoms. The smallest absolute Gasteiger partial charge is 0.335 e. The summed E-state index contributed by atoms with van der Waals surface area (Å²) in [5.41, 5.74) is -0.686. The van der Waals surface area contributed by atoms with Crippen LogP contribution in [0.3, 0.4) is 0 Å². The largest absolute Gasteiger partial charge is 0.463 e. The van der Waals surface area contributed by atoms with Crippen molar-refractivity contribution >= 4 is 15.8 Å². The highest BCUT2D eigenvalue weighted by molar-refractivity contribution is 7.91. The molecule has 0 radical (unpaired) electrons. The van der Waals surface area contributed by atoms with Gasteiger partial charge in [-0.15, -0.1) is 0 Å². The second kappa shape index (κ2) is 7.84. The fourth-order valence-corrected chi connectivity index (χ4v) is 5.24. The van der Waals surface area contributed by atoms with Gasteiger partial charge in [-0.05, 0) is 25.5 Å². The van der Waals surface area contributed by atoms with Crippen molar-refractivity contribution in [2.24, 2.45) is 0 Å². The SMILES string of the molecule is CCOC(=O)C1=CC2(CCC1S(=O)(=O)Cc1cc(F)c(F)cc1F)OCCO2. The number of carbonyl (C=O) groups excluding carboxylic acids is 1. The predicted molar refractivity (Wildman–Crippen MR) is 91.3 cm³/mol. The molecule has 1 aliphatic carbocycles. The molecule has 0 amide bonds. The first-order valence-corrected chi connectivity index (χ1v) is 10.4. The molecular weight excluding hydrogens is 401 g/mol. The number of rotatable bonds is 5. The van der Waals surface area contributed by atoms with Crippen LogP contribution in [0.25, 0.3) is 0 Å². The van der Waals surface area contributed by atoms with Gasteiger partial charge in [0.2, 0.25) is 0 Å². The van der Waals surface area contributed by atoms with Gasteiger partial charge in [-0.2, -0.15) is 0 Å². The van der Waals surface area contributed by atoms with Gasteiger partial charge in [0, 0.05) is 18.1 Å². The summed E-state index contributed by atoms with van der Waals surface area (Å²) < 4.78 is 82.3. The number of hydrogen-bond donors (Lipinski definition) is 0. The van der Waals surface area contributed by atoms with Crippen molar-refractivity contribution in [3.63, 3.8) is 0 Å². The minimum atomic E-state index is -4.16. The summed E-state index contributed by atoms with van der Waals surface area (Å²) in [6.07, 6.45) is 1.43. The number of sulfone groups is 1. The first-order chi connectivity index (χ1) is 13.2. The van der Waals surface area contributed by atoms with Crippen LogP contribution in [0.4, 0.5) is 13.2 Å². The fourth-order valence-electron chi connectivity index (χ4n) is 3.36. The maximum atomic E-state index is 13.9. The Labute approximate surface area is 160 Å². The summed E-state index contributed by atoms with van der Waals surface area (Å²) in [5, 5.41) is -1.31. The van der Waals surface area contributed by atoms with Gasteiger partial charge in [0.15, 0.2) is 27.3 Å². The molecule has 1 saturated heterocycles. The third-order valence-electron chi connectivity index (χ3n) is 4.64. The maximum absolute atomic E-state index is 13.9. The summed E-state index contributed by atoms with van der Waals surface area (Å²) in [5.74, 6) is -6.89. The lowest BCUT2D eigenvalue weighted by atomic mass is 9.94. The van der Waals surface area contributed by atoms with Gasteiger partial charge in [0.25, 0.3) is 0 Å². The Kier molecular flexibility index (Phi) is 5.83. The van der Waals surface area contributed by atoms with Crippen LogP contribution in [-0.4, -0.2) is 45.2 Å². The highest BCUT2D eigenvalue weighted by Crippen LogP contribution is 2.38. The molecule has 1 atom stereocenters. The Morgan fingerprint density at radius 2 is 1.82 bits per heavy atom. The molecule has 0 aromatic heterocycles. The van der Waals surface area contributed by atoms with E-state index in [1.807, 2.05) is 0 Å². The summed E-state index contributed by atoms with van der Waals surface area (Å²) in [6.45, 7) is 2.18. The van der Waals surface area contributed by atoms with Crippen molar-refractivity contribution in [1.29, 1.82) is 0 Å². The molecule has 154 valence electrons. The van der Waals surface area contributed by atoms with Gasteiger partial charge >= 0.3 is 5.97 Å². The number of hydrogen-bond acceptors (Lipinski definition) is 6. The van der Waals surface area contributed by atoms with Crippen LogP contribution in [0.2, 0.25) is 0 Å². The van der Waals surface area contributed by atoms with Crippen molar-refractivity contribution in [2.45, 2.75) is 36.6 Å². The molecule has 1 aromatic carbocycles. The van der Waals surface area contributed by atoms with Crippen molar-refractivity contribution in [3.8, 4) is 0 Å². The first kappa shape index (κ1) is 20.8. The standard InChI is InChI=1S/C18H19F3O6S/c1-2-25-17(22)12-9-18(26-5-6-27-18)4-3-16(12)28(23,24)10-11-7-14(20)15(21)8-13(11)19/h7-9,16H,2-6,10H2,1H3. The summed E-state index contributed by atoms with van der Waals surface area (Å²) >= 11 is 0. The number of carbonyl (C=O) groups is 1. The Bertz CT molecular complexity index is 906. The molecule has 10 heteroatoms. The van der Waals surface area contributed by atoms with E-state index in [0.717, 1.165) is 0 Å². The molecule has 1 aromatic rings. The zero-order chi connectivity index (χ0) is 20.5. The lowest BCUT2D eigenvalue weighted by Gasteiger charge is -2.33. The summed E-state index contributed by atoms with van der Waals surface area (Å²) in [6, 6.07) is 0.793. The van der Waals surface area contributed by atoms with Crippen LogP contribution in [0.1, 0.15) is 25.3 Å². The third kappa shape index (κ3) is 4.08. The number of halogens is 3. The lowest BCUT2D eigenvalue weighted by molar-refractivity contribution is -0.143. The van der Waals surface area contributed by atoms with E-state index in [1.54, 1.807) is 6.92 Å². The van der Waals surface area contributed by atoms with Crippen LogP contribution in [0.5, 0.6) is 0 Å². The average Bonchev–Trinajstić information content (AvgIpc) is 3.07. The summed E-state index contributed by atoms with van der Waals surface area (Å²) in [4.78, 5) is 12.4. The van der Waals surface area contributed by atoms with Gasteiger partial charge in [-0.25, -0.2) is 26.4 Å². The fraction of sp³-hybridized carbons (Fsp3) is 0.500. The van der Waals surface area contributed by atoms with Gasteiger partial charge in [0.1, 0.15) is 5.82 Å². The van der Waals surface area contributed by atoms with Crippen molar-refractivity contribution in [3.05, 3.63) is 46.8 Å². The van der Waals surface area contributed by atoms with Gasteiger partial charge < -0.3 is 14.2 Å². The predicted octanol–water partition coefficient (Wildman–Crippen LogP) is 2.41. The van der Waals surface area contributed by atoms with E-state index in [4.69, 9.17) is 14.2 Å². The second-order valence-corrected chi connectivity index (χ2v) is 8.70. The quantitative estimate of drug-likeness (QED) is 0.538. The van der Waals surface area contributed by atoms with Crippen LogP contribution in [0.15, 0.2) is 23.8 Å². The van der Waals surface area contributed by atoms with Gasteiger partial charge in [0.05, 0.1) is 36.4 Å². The highest BCUT2D eigenvalue weighted by Gasteiger charge is 2.46. The Hall–Kier alpha value is -1.91. The topological polar surface area (TPSA) is 78.9 Å². The molecule has 0 N–H and O–H groups in total. The normalized spacial score (nSPS) is 21.6. The average molecular weight is 420 g/mol. The minimum Gasteiger partial charge on any atom is -0.463 e. The minimum absolute atomic E-state index is 0.0233. The molecule has 0 saturated carbocycles. The molecule has 1 unspecified atom stereocenters. The van der Waals surface area contributed by atoms with E-state index in [1.165, 1.54) is 6.08 Å². The van der Waals surface area contributed by atoms with Crippen LogP contribution >= 0.6 is 0 Å². The van der Waals surface area contributed by atoms with Crippen molar-refractivity contribution in [2.75, 3.05) is 19.8 Å². The first-order valence-electron chi connectivity index (χ1n) is 8.70. The van der Waals surface area contributed by atoms with Crippen LogP contribution in [-0.2, 0) is 34.6 Å². The molecule has 6 nitrogen and oxygen atoms in total. The highest BCUT2D eigenvalue weighted by atomic mass is 32.2. The molecule has 0 bridgehead atoms. The van der Waals surface area contributed by atoms with E-state index >= 15 is 0 Å². The monoisotopic (exact) mass is 420 g/mol. The molecule has 1 heterocycles. The Morgan fingerprint density at radius 3 is 2.46 bits per heavy atom. The van der Waals surface area contributed by atoms with E-state index in [0.29, 0.717) is 25.3 Å². The zero-order valence-corrected chi connectivity index (χ0v) is 15.9. The molecular formula is C18H19F3O6S. The molecule has 1 fully saturated rings. The summed E-state index contributed by atoms with van der Waals surface area (Å²) in [7, 11) is -4.16. The Morgan fingerprint density at radius 1 is 1.18 bits per heavy atom. The van der Waals surface area contributed by atoms with E-state index < -0.39 is 55.6 Å². The Balaban J connectivity index is 1.95. The van der Waals surface area contributed by atoms with Crippen molar-refractivity contribution < 1.29 is 40.6 Å². The lowest BCUT2D eigenvalue weighted by Crippen LogP contribution is -2.41. The van der Waals surface area contributed by atoms with Gasteiger partial charge in [-0.1, -0.05) is 0 Å². The number of benzene rings is 1. The maximum Gasteiger partial charge on any atom is 0.335 e. The molecule has 1 spiro atoms. The molecule has 3 rings (SSSR count). The van der Waals surface area contributed by atoms with Gasteiger partial charge in [-0.3, -0.25) is 0 Å². The van der Waals surface area contributed by atoms with E-state index in [-0.39, 0.29) is 25.0 Å². The number of esters is 1. The van der Waals surface area contributed by atoms with E-state index in [9.17, 15) is 26.4 Å². The van der Waals surface area contributed by atoms with Crippen LogP contribution < -0.4 is 0 Å². The molecule has 2 aliphatic rings. The van der Waals surface area contributed by atoms with Crippen LogP contribution in [0, 0.1) is 17.5 Å². The molecule has 1 aliphatic heterocycles. The zero-order valence-electron chi connectivity index (χ0n) is 15.0. The van der Waals surface area contributed by atoms with Crippen molar-refractivity contribution in [1.82, 2.24) is 0 Å². The van der Waals surface area contributed by atoms with E-state index in [2.05, 4.69) is 0 Å². The number of ether oxygens (including phenoxy) is 3. The third-order valence-corrected chi connectivity index (χ3v) is 6.71. The second-order valence-electron chi connectivity index (χ2n) is 6.52.